The molecule has 1 aliphatic rings. The molecular formula is C12H13NOS. The van der Waals surface area contributed by atoms with Crippen molar-refractivity contribution in [2.45, 2.75) is 13.5 Å². The van der Waals surface area contributed by atoms with Gasteiger partial charge in [-0.25, -0.2) is 0 Å². The Kier molecular flexibility index (Phi) is 2.82. The lowest BCUT2D eigenvalue weighted by Gasteiger charge is -2.16. The summed E-state index contributed by atoms with van der Waals surface area (Å²) in [6.45, 7) is 6.57. The molecule has 0 N–H and O–H groups in total. The molecule has 1 saturated heterocycles. The first-order chi connectivity index (χ1) is 7.16. The van der Waals surface area contributed by atoms with Crippen molar-refractivity contribution in [1.82, 2.24) is 4.90 Å². The monoisotopic (exact) mass is 219 g/mol. The highest BCUT2D eigenvalue weighted by molar-refractivity contribution is 8.04. The molecule has 0 aromatic heterocycles. The summed E-state index contributed by atoms with van der Waals surface area (Å²) >= 11 is 1.52. The zero-order chi connectivity index (χ0) is 10.8. The predicted octanol–water partition coefficient (Wildman–Crippen LogP) is 2.54. The third-order valence-electron chi connectivity index (χ3n) is 2.43. The van der Waals surface area contributed by atoms with Crippen LogP contribution in [0.1, 0.15) is 11.1 Å². The molecule has 1 heterocycles. The van der Waals surface area contributed by atoms with Crippen molar-refractivity contribution >= 4 is 17.7 Å². The number of carbonyl (C=O) groups is 1. The number of aryl methyl sites for hydroxylation is 1. The molecule has 0 aliphatic carbocycles. The first-order valence-corrected chi connectivity index (χ1v) is 5.83. The van der Waals surface area contributed by atoms with Crippen LogP contribution in [0.5, 0.6) is 0 Å². The Morgan fingerprint density at radius 2 is 2.07 bits per heavy atom. The van der Waals surface area contributed by atoms with E-state index in [1.807, 2.05) is 0 Å². The molecule has 1 aromatic carbocycles. The van der Waals surface area contributed by atoms with Gasteiger partial charge in [0, 0.05) is 0 Å². The second kappa shape index (κ2) is 4.11. The normalized spacial score (nSPS) is 16.2. The van der Waals surface area contributed by atoms with Crippen molar-refractivity contribution in [3.8, 4) is 0 Å². The van der Waals surface area contributed by atoms with Crippen LogP contribution in [0.15, 0.2) is 35.9 Å². The smallest absolute Gasteiger partial charge is 0.238 e. The van der Waals surface area contributed by atoms with Crippen LogP contribution in [0.2, 0.25) is 0 Å². The number of nitrogens with zero attached hydrogens (tertiary/aromatic N) is 1. The molecule has 15 heavy (non-hydrogen) atoms. The Bertz CT molecular complexity index is 381. The Hall–Kier alpha value is -1.22. The molecule has 0 saturated carbocycles. The second-order valence-corrected chi connectivity index (χ2v) is 4.70. The van der Waals surface area contributed by atoms with E-state index in [9.17, 15) is 4.79 Å². The number of hydrogen-bond donors (Lipinski definition) is 0. The molecule has 0 spiro atoms. The van der Waals surface area contributed by atoms with E-state index in [4.69, 9.17) is 0 Å². The molecule has 1 aliphatic heterocycles. The van der Waals surface area contributed by atoms with Crippen LogP contribution in [0.25, 0.3) is 0 Å². The lowest BCUT2D eigenvalue weighted by Crippen LogP contribution is -2.23. The van der Waals surface area contributed by atoms with Crippen LogP contribution >= 0.6 is 11.8 Å². The SMILES string of the molecule is C=C1SCC(=O)N1Cc1ccc(C)cc1. The summed E-state index contributed by atoms with van der Waals surface area (Å²) < 4.78 is 0. The van der Waals surface area contributed by atoms with Crippen LogP contribution in [0, 0.1) is 6.92 Å². The molecule has 1 fully saturated rings. The standard InChI is InChI=1S/C12H13NOS/c1-9-3-5-11(6-4-9)7-13-10(2)15-8-12(13)14/h3-6H,2,7-8H2,1H3. The van der Waals surface area contributed by atoms with Crippen molar-refractivity contribution in [3.05, 3.63) is 47.0 Å². The minimum atomic E-state index is 0.158. The van der Waals surface area contributed by atoms with E-state index in [1.54, 1.807) is 4.90 Å². The minimum Gasteiger partial charge on any atom is -0.302 e. The van der Waals surface area contributed by atoms with Crippen LogP contribution in [0.4, 0.5) is 0 Å². The molecular weight excluding hydrogens is 206 g/mol. The minimum absolute atomic E-state index is 0.158. The van der Waals surface area contributed by atoms with Gasteiger partial charge < -0.3 is 4.90 Å². The summed E-state index contributed by atoms with van der Waals surface area (Å²) in [7, 11) is 0. The molecule has 3 heteroatoms. The van der Waals surface area contributed by atoms with Gasteiger partial charge in [-0.1, -0.05) is 48.2 Å². The summed E-state index contributed by atoms with van der Waals surface area (Å²) in [6.07, 6.45) is 0. The Morgan fingerprint density at radius 3 is 2.60 bits per heavy atom. The maximum Gasteiger partial charge on any atom is 0.238 e. The molecule has 1 amide bonds. The van der Waals surface area contributed by atoms with Gasteiger partial charge in [-0.05, 0) is 12.5 Å². The second-order valence-electron chi connectivity index (χ2n) is 3.65. The topological polar surface area (TPSA) is 20.3 Å². The van der Waals surface area contributed by atoms with Gasteiger partial charge in [0.2, 0.25) is 5.91 Å². The van der Waals surface area contributed by atoms with E-state index >= 15 is 0 Å². The van der Waals surface area contributed by atoms with Gasteiger partial charge in [-0.2, -0.15) is 0 Å². The van der Waals surface area contributed by atoms with Crippen LogP contribution in [0.3, 0.4) is 0 Å². The molecule has 0 radical (unpaired) electrons. The molecule has 0 bridgehead atoms. The zero-order valence-corrected chi connectivity index (χ0v) is 9.51. The van der Waals surface area contributed by atoms with E-state index in [1.165, 1.54) is 17.3 Å². The fraction of sp³-hybridized carbons (Fsp3) is 0.250. The highest BCUT2D eigenvalue weighted by atomic mass is 32.2. The van der Waals surface area contributed by atoms with Crippen molar-refractivity contribution in [2.75, 3.05) is 5.75 Å². The zero-order valence-electron chi connectivity index (χ0n) is 8.69. The van der Waals surface area contributed by atoms with E-state index in [0.29, 0.717) is 12.3 Å². The molecule has 78 valence electrons. The van der Waals surface area contributed by atoms with Gasteiger partial charge >= 0.3 is 0 Å². The molecule has 0 unspecified atom stereocenters. The molecule has 0 atom stereocenters. The summed E-state index contributed by atoms with van der Waals surface area (Å²) in [5.74, 6) is 0.690. The van der Waals surface area contributed by atoms with Crippen molar-refractivity contribution in [3.63, 3.8) is 0 Å². The Balaban J connectivity index is 2.11. The summed E-state index contributed by atoms with van der Waals surface area (Å²) in [5.41, 5.74) is 2.39. The molecule has 2 rings (SSSR count). The maximum atomic E-state index is 11.5. The van der Waals surface area contributed by atoms with Crippen LogP contribution in [-0.4, -0.2) is 16.6 Å². The average molecular weight is 219 g/mol. The Morgan fingerprint density at radius 1 is 1.40 bits per heavy atom. The lowest BCUT2D eigenvalue weighted by atomic mass is 10.1. The third kappa shape index (κ3) is 2.23. The van der Waals surface area contributed by atoms with E-state index in [2.05, 4.69) is 37.8 Å². The van der Waals surface area contributed by atoms with Gasteiger partial charge in [-0.3, -0.25) is 4.79 Å². The van der Waals surface area contributed by atoms with Gasteiger partial charge in [-0.15, -0.1) is 0 Å². The fourth-order valence-corrected chi connectivity index (χ4v) is 2.26. The van der Waals surface area contributed by atoms with Gasteiger partial charge in [0.15, 0.2) is 0 Å². The summed E-state index contributed by atoms with van der Waals surface area (Å²) in [5, 5.41) is 0.862. The number of rotatable bonds is 2. The van der Waals surface area contributed by atoms with Crippen molar-refractivity contribution in [2.24, 2.45) is 0 Å². The highest BCUT2D eigenvalue weighted by Crippen LogP contribution is 2.28. The molecule has 1 aromatic rings. The summed E-state index contributed by atoms with van der Waals surface area (Å²) in [4.78, 5) is 13.2. The molecule has 2 nitrogen and oxygen atoms in total. The number of thioether (sulfide) groups is 1. The average Bonchev–Trinajstić information content (AvgIpc) is 2.53. The summed E-state index contributed by atoms with van der Waals surface area (Å²) in [6, 6.07) is 8.23. The first-order valence-electron chi connectivity index (χ1n) is 4.84. The van der Waals surface area contributed by atoms with E-state index < -0.39 is 0 Å². The van der Waals surface area contributed by atoms with E-state index in [0.717, 1.165) is 10.6 Å². The number of amides is 1. The Labute approximate surface area is 94.0 Å². The predicted molar refractivity (Wildman–Crippen MR) is 63.3 cm³/mol. The maximum absolute atomic E-state index is 11.5. The van der Waals surface area contributed by atoms with E-state index in [-0.39, 0.29) is 5.91 Å². The number of benzene rings is 1. The fourth-order valence-electron chi connectivity index (χ4n) is 1.49. The largest absolute Gasteiger partial charge is 0.302 e. The van der Waals surface area contributed by atoms with Gasteiger partial charge in [0.05, 0.1) is 17.3 Å². The van der Waals surface area contributed by atoms with Gasteiger partial charge in [0.1, 0.15) is 0 Å². The van der Waals surface area contributed by atoms with Crippen molar-refractivity contribution < 1.29 is 4.79 Å². The van der Waals surface area contributed by atoms with Gasteiger partial charge in [0.25, 0.3) is 0 Å². The van der Waals surface area contributed by atoms with Crippen LogP contribution < -0.4 is 0 Å². The highest BCUT2D eigenvalue weighted by Gasteiger charge is 2.24. The lowest BCUT2D eigenvalue weighted by molar-refractivity contribution is -0.125. The number of carbonyl (C=O) groups excluding carboxylic acids is 1. The quantitative estimate of drug-likeness (QED) is 0.762. The third-order valence-corrected chi connectivity index (χ3v) is 3.37. The van der Waals surface area contributed by atoms with Crippen LogP contribution in [-0.2, 0) is 11.3 Å². The number of hydrogen-bond acceptors (Lipinski definition) is 2. The first kappa shape index (κ1) is 10.3. The van der Waals surface area contributed by atoms with Crippen molar-refractivity contribution in [1.29, 1.82) is 0 Å².